The third-order valence-corrected chi connectivity index (χ3v) is 7.18. The Morgan fingerprint density at radius 1 is 0.893 bits per heavy atom. The summed E-state index contributed by atoms with van der Waals surface area (Å²) < 4.78 is 0. The molecule has 144 valence electrons. The molecule has 0 atom stereocenters. The zero-order valence-corrected chi connectivity index (χ0v) is 16.3. The van der Waals surface area contributed by atoms with Gasteiger partial charge >= 0.3 is 0 Å². The second-order valence-electron chi connectivity index (χ2n) is 9.14. The fraction of sp³-hybridized carbons (Fsp3) is 0.400. The summed E-state index contributed by atoms with van der Waals surface area (Å²) >= 11 is 0. The maximum atomic E-state index is 11.7. The minimum absolute atomic E-state index is 0.202. The zero-order valence-electron chi connectivity index (χ0n) is 16.3. The van der Waals surface area contributed by atoms with Crippen molar-refractivity contribution in [1.29, 1.82) is 0 Å². The average molecular weight is 373 g/mol. The van der Waals surface area contributed by atoms with Gasteiger partial charge in [0, 0.05) is 5.69 Å². The van der Waals surface area contributed by atoms with E-state index < -0.39 is 0 Å². The van der Waals surface area contributed by atoms with Crippen molar-refractivity contribution >= 4 is 23.0 Å². The summed E-state index contributed by atoms with van der Waals surface area (Å²) in [6.07, 6.45) is 9.90. The van der Waals surface area contributed by atoms with Gasteiger partial charge in [0.25, 0.3) is 0 Å². The van der Waals surface area contributed by atoms with Crippen LogP contribution in [0.25, 0.3) is 0 Å². The lowest BCUT2D eigenvalue weighted by Crippen LogP contribution is -2.48. The molecular formula is C25H28N2O. The predicted molar refractivity (Wildman–Crippen MR) is 115 cm³/mol. The topological polar surface area (TPSA) is 41.1 Å². The Bertz CT molecular complexity index is 864. The van der Waals surface area contributed by atoms with Gasteiger partial charge in [-0.25, -0.2) is 0 Å². The molecule has 2 aromatic carbocycles. The Kier molecular flexibility index (Phi) is 4.26. The minimum atomic E-state index is -0.202. The third-order valence-electron chi connectivity index (χ3n) is 7.18. The standard InChI is InChI=1S/C25H28N2O/c1-2-24(28)27-23-6-4-3-5-22(23)26-21-9-7-20(8-10-21)25-14-17-11-18(15-25)13-19(12-17)16-25/h2-10,17-19,26H,1,11-16H2,(H,27,28). The van der Waals surface area contributed by atoms with Gasteiger partial charge in [0.1, 0.15) is 0 Å². The Hall–Kier alpha value is -2.55. The fourth-order valence-electron chi connectivity index (χ4n) is 6.41. The number of amides is 1. The van der Waals surface area contributed by atoms with E-state index in [9.17, 15) is 4.79 Å². The van der Waals surface area contributed by atoms with Crippen molar-refractivity contribution in [1.82, 2.24) is 0 Å². The van der Waals surface area contributed by atoms with Crippen molar-refractivity contribution in [3.8, 4) is 0 Å². The van der Waals surface area contributed by atoms with Crippen molar-refractivity contribution in [2.75, 3.05) is 10.6 Å². The van der Waals surface area contributed by atoms with Gasteiger partial charge in [-0.2, -0.15) is 0 Å². The molecule has 2 aromatic rings. The molecule has 0 aromatic heterocycles. The van der Waals surface area contributed by atoms with Gasteiger partial charge in [0.05, 0.1) is 11.4 Å². The number of nitrogens with one attached hydrogen (secondary N) is 2. The summed E-state index contributed by atoms with van der Waals surface area (Å²) in [7, 11) is 0. The van der Waals surface area contributed by atoms with E-state index in [2.05, 4.69) is 41.5 Å². The SMILES string of the molecule is C=CC(=O)Nc1ccccc1Nc1ccc(C23CC4CC(CC(C4)C2)C3)cc1. The van der Waals surface area contributed by atoms with Gasteiger partial charge in [0.2, 0.25) is 5.91 Å². The number of hydrogen-bond acceptors (Lipinski definition) is 2. The van der Waals surface area contributed by atoms with E-state index in [4.69, 9.17) is 0 Å². The largest absolute Gasteiger partial charge is 0.354 e. The zero-order chi connectivity index (χ0) is 19.1. The van der Waals surface area contributed by atoms with E-state index in [-0.39, 0.29) is 5.91 Å². The number of benzene rings is 2. The molecule has 0 heterocycles. The van der Waals surface area contributed by atoms with Crippen LogP contribution in [-0.2, 0) is 10.2 Å². The van der Waals surface area contributed by atoms with Crippen LogP contribution in [0, 0.1) is 17.8 Å². The molecule has 0 spiro atoms. The number of hydrogen-bond donors (Lipinski definition) is 2. The van der Waals surface area contributed by atoms with Gasteiger partial charge in [-0.1, -0.05) is 30.8 Å². The first-order chi connectivity index (χ1) is 13.6. The van der Waals surface area contributed by atoms with Crippen LogP contribution in [0.5, 0.6) is 0 Å². The molecule has 4 aliphatic rings. The summed E-state index contributed by atoms with van der Waals surface area (Å²) in [5.41, 5.74) is 4.67. The van der Waals surface area contributed by atoms with Gasteiger partial charge in [0.15, 0.2) is 0 Å². The number of carbonyl (C=O) groups is 1. The summed E-state index contributed by atoms with van der Waals surface area (Å²) in [6.45, 7) is 3.53. The second-order valence-corrected chi connectivity index (χ2v) is 9.14. The van der Waals surface area contributed by atoms with Gasteiger partial charge in [-0.05, 0) is 97.6 Å². The molecule has 3 heteroatoms. The molecule has 28 heavy (non-hydrogen) atoms. The lowest BCUT2D eigenvalue weighted by molar-refractivity contribution is -0.111. The van der Waals surface area contributed by atoms with Crippen LogP contribution in [0.4, 0.5) is 17.1 Å². The van der Waals surface area contributed by atoms with Crippen LogP contribution < -0.4 is 10.6 Å². The predicted octanol–water partition coefficient (Wildman–Crippen LogP) is 6.02. The highest BCUT2D eigenvalue weighted by Gasteiger charge is 2.51. The highest BCUT2D eigenvalue weighted by Crippen LogP contribution is 2.60. The molecule has 0 radical (unpaired) electrons. The monoisotopic (exact) mass is 372 g/mol. The molecule has 0 unspecified atom stereocenters. The molecule has 4 aliphatic carbocycles. The summed E-state index contributed by atoms with van der Waals surface area (Å²) in [5.74, 6) is 2.68. The highest BCUT2D eigenvalue weighted by atomic mass is 16.1. The van der Waals surface area contributed by atoms with Crippen molar-refractivity contribution in [3.63, 3.8) is 0 Å². The lowest BCUT2D eigenvalue weighted by atomic mass is 9.48. The quantitative estimate of drug-likeness (QED) is 0.630. The molecule has 0 aliphatic heterocycles. The third kappa shape index (κ3) is 3.13. The number of anilines is 3. The number of para-hydroxylation sites is 2. The molecule has 4 bridgehead atoms. The fourth-order valence-corrected chi connectivity index (χ4v) is 6.41. The van der Waals surface area contributed by atoms with E-state index >= 15 is 0 Å². The summed E-state index contributed by atoms with van der Waals surface area (Å²) in [6, 6.07) is 16.8. The summed E-state index contributed by atoms with van der Waals surface area (Å²) in [5, 5.41) is 6.32. The van der Waals surface area contributed by atoms with Crippen LogP contribution in [0.1, 0.15) is 44.1 Å². The van der Waals surface area contributed by atoms with Gasteiger partial charge < -0.3 is 10.6 Å². The molecule has 4 fully saturated rings. The van der Waals surface area contributed by atoms with Crippen LogP contribution in [-0.4, -0.2) is 5.91 Å². The molecule has 6 rings (SSSR count). The van der Waals surface area contributed by atoms with E-state index in [1.54, 1.807) is 0 Å². The van der Waals surface area contributed by atoms with E-state index in [0.29, 0.717) is 5.41 Å². The Balaban J connectivity index is 1.36. The van der Waals surface area contributed by atoms with Crippen LogP contribution >= 0.6 is 0 Å². The van der Waals surface area contributed by atoms with E-state index in [1.807, 2.05) is 24.3 Å². The van der Waals surface area contributed by atoms with Gasteiger partial charge in [-0.3, -0.25) is 4.79 Å². The average Bonchev–Trinajstić information content (AvgIpc) is 2.69. The van der Waals surface area contributed by atoms with Gasteiger partial charge in [-0.15, -0.1) is 0 Å². The van der Waals surface area contributed by atoms with Crippen LogP contribution in [0.3, 0.4) is 0 Å². The maximum Gasteiger partial charge on any atom is 0.247 e. The molecule has 0 saturated heterocycles. The highest BCUT2D eigenvalue weighted by molar-refractivity contribution is 6.01. The normalized spacial score (nSPS) is 30.1. The van der Waals surface area contributed by atoms with Crippen molar-refractivity contribution in [3.05, 3.63) is 66.7 Å². The first kappa shape index (κ1) is 17.5. The lowest BCUT2D eigenvalue weighted by Gasteiger charge is -2.57. The Labute approximate surface area is 167 Å². The molecule has 2 N–H and O–H groups in total. The number of carbonyl (C=O) groups excluding carboxylic acids is 1. The van der Waals surface area contributed by atoms with Crippen molar-refractivity contribution in [2.24, 2.45) is 17.8 Å². The van der Waals surface area contributed by atoms with Crippen LogP contribution in [0.2, 0.25) is 0 Å². The smallest absolute Gasteiger partial charge is 0.247 e. The second kappa shape index (κ2) is 6.80. The van der Waals surface area contributed by atoms with Crippen molar-refractivity contribution in [2.45, 2.75) is 43.9 Å². The molecule has 4 saturated carbocycles. The van der Waals surface area contributed by atoms with Crippen LogP contribution in [0.15, 0.2) is 61.2 Å². The summed E-state index contributed by atoms with van der Waals surface area (Å²) in [4.78, 5) is 11.7. The van der Waals surface area contributed by atoms with E-state index in [1.165, 1.54) is 50.2 Å². The molecule has 1 amide bonds. The Morgan fingerprint density at radius 3 is 2.04 bits per heavy atom. The molecular weight excluding hydrogens is 344 g/mol. The first-order valence-corrected chi connectivity index (χ1v) is 10.5. The van der Waals surface area contributed by atoms with Crippen molar-refractivity contribution < 1.29 is 4.79 Å². The maximum absolute atomic E-state index is 11.7. The first-order valence-electron chi connectivity index (χ1n) is 10.5. The Morgan fingerprint density at radius 2 is 1.46 bits per heavy atom. The molecule has 3 nitrogen and oxygen atoms in total. The number of rotatable bonds is 5. The van der Waals surface area contributed by atoms with E-state index in [0.717, 1.165) is 34.8 Å². The minimum Gasteiger partial charge on any atom is -0.354 e.